The maximum absolute atomic E-state index is 12.1. The predicted octanol–water partition coefficient (Wildman–Crippen LogP) is 6.03. The van der Waals surface area contributed by atoms with Gasteiger partial charge in [-0.1, -0.05) is 48.7 Å². The van der Waals surface area contributed by atoms with E-state index in [1.165, 1.54) is 5.56 Å². The highest BCUT2D eigenvalue weighted by atomic mass is 16.5. The van der Waals surface area contributed by atoms with Crippen molar-refractivity contribution < 1.29 is 14.6 Å². The summed E-state index contributed by atoms with van der Waals surface area (Å²) in [7, 11) is 0. The maximum Gasteiger partial charge on any atom is 0.307 e. The molecule has 6 nitrogen and oxygen atoms in total. The highest BCUT2D eigenvalue weighted by Crippen LogP contribution is 2.39. The van der Waals surface area contributed by atoms with Crippen LogP contribution in [0.3, 0.4) is 0 Å². The second-order valence-electron chi connectivity index (χ2n) is 9.64. The van der Waals surface area contributed by atoms with Crippen LogP contribution in [0.4, 0.5) is 0 Å². The Morgan fingerprint density at radius 2 is 1.80 bits per heavy atom. The monoisotopic (exact) mass is 469 g/mol. The molecule has 0 aliphatic heterocycles. The molecular formula is C29H31N3O3. The first-order chi connectivity index (χ1) is 17.0. The molecule has 1 aliphatic rings. The van der Waals surface area contributed by atoms with Gasteiger partial charge in [-0.05, 0) is 56.0 Å². The van der Waals surface area contributed by atoms with Crippen molar-refractivity contribution in [1.29, 1.82) is 0 Å². The number of nitrogens with zero attached hydrogens (tertiary/aromatic N) is 3. The average Bonchev–Trinajstić information content (AvgIpc) is 3.22. The largest absolute Gasteiger partial charge is 0.487 e. The third-order valence-corrected chi connectivity index (χ3v) is 6.98. The lowest BCUT2D eigenvalue weighted by atomic mass is 9.78. The summed E-state index contributed by atoms with van der Waals surface area (Å²) in [4.78, 5) is 21.5. The third kappa shape index (κ3) is 5.06. The Morgan fingerprint density at radius 3 is 2.54 bits per heavy atom. The molecule has 0 bridgehead atoms. The molecule has 180 valence electrons. The number of aryl methyl sites for hydroxylation is 2. The van der Waals surface area contributed by atoms with Gasteiger partial charge in [0.15, 0.2) is 0 Å². The first-order valence-corrected chi connectivity index (χ1v) is 12.3. The van der Waals surface area contributed by atoms with E-state index in [9.17, 15) is 9.90 Å². The molecule has 0 spiro atoms. The molecule has 1 saturated carbocycles. The highest BCUT2D eigenvalue weighted by molar-refractivity contribution is 5.79. The van der Waals surface area contributed by atoms with E-state index in [1.54, 1.807) is 0 Å². The Balaban J connectivity index is 1.52. The van der Waals surface area contributed by atoms with Crippen molar-refractivity contribution in [2.24, 2.45) is 5.92 Å². The van der Waals surface area contributed by atoms with Gasteiger partial charge in [-0.25, -0.2) is 4.98 Å². The summed E-state index contributed by atoms with van der Waals surface area (Å²) in [5.74, 6) is 0.388. The number of hydrogen-bond acceptors (Lipinski definition) is 4. The summed E-state index contributed by atoms with van der Waals surface area (Å²) < 4.78 is 8.27. The van der Waals surface area contributed by atoms with Crippen LogP contribution >= 0.6 is 0 Å². The molecule has 0 amide bonds. The van der Waals surface area contributed by atoms with Crippen molar-refractivity contribution in [2.45, 2.75) is 58.6 Å². The Bertz CT molecular complexity index is 1330. The molecule has 5 rings (SSSR count). The minimum Gasteiger partial charge on any atom is -0.487 e. The van der Waals surface area contributed by atoms with Gasteiger partial charge in [0.25, 0.3) is 0 Å². The van der Waals surface area contributed by atoms with Crippen LogP contribution in [0, 0.1) is 19.8 Å². The summed E-state index contributed by atoms with van der Waals surface area (Å²) in [6.07, 6.45) is 5.37. The zero-order valence-corrected chi connectivity index (χ0v) is 20.3. The smallest absolute Gasteiger partial charge is 0.307 e. The fraction of sp³-hybridized carbons (Fsp3) is 0.345. The van der Waals surface area contributed by atoms with E-state index in [2.05, 4.69) is 40.7 Å². The number of imidazole rings is 1. The average molecular weight is 470 g/mol. The SMILES string of the molecule is Cc1ccc(Cn2c(C3CCCCC3C(=O)O)nc3ccc(OCc4ccc(C)cn4)cc32)cc1. The number of ether oxygens (including phenoxy) is 1. The molecule has 4 aromatic rings. The molecule has 2 atom stereocenters. The van der Waals surface area contributed by atoms with Gasteiger partial charge in [-0.2, -0.15) is 0 Å². The molecule has 6 heteroatoms. The van der Waals surface area contributed by atoms with E-state index in [0.717, 1.165) is 58.7 Å². The second-order valence-corrected chi connectivity index (χ2v) is 9.64. The van der Waals surface area contributed by atoms with Gasteiger partial charge in [-0.15, -0.1) is 0 Å². The van der Waals surface area contributed by atoms with Gasteiger partial charge in [-0.3, -0.25) is 9.78 Å². The molecule has 0 saturated heterocycles. The lowest BCUT2D eigenvalue weighted by Gasteiger charge is -2.28. The molecule has 1 N–H and O–H groups in total. The zero-order chi connectivity index (χ0) is 24.4. The molecule has 0 radical (unpaired) electrons. The number of benzene rings is 2. The van der Waals surface area contributed by atoms with Crippen LogP contribution in [-0.2, 0) is 17.9 Å². The number of hydrogen-bond donors (Lipinski definition) is 1. The molecule has 2 aromatic heterocycles. The number of rotatable bonds is 7. The Hall–Kier alpha value is -3.67. The van der Waals surface area contributed by atoms with Crippen molar-refractivity contribution in [3.05, 3.63) is 89.0 Å². The van der Waals surface area contributed by atoms with Gasteiger partial charge < -0.3 is 14.4 Å². The normalized spacial score (nSPS) is 18.0. The number of carboxylic acids is 1. The van der Waals surface area contributed by atoms with Gasteiger partial charge in [0, 0.05) is 24.7 Å². The Morgan fingerprint density at radius 1 is 1.03 bits per heavy atom. The number of pyridine rings is 1. The van der Waals surface area contributed by atoms with Crippen LogP contribution in [0.2, 0.25) is 0 Å². The number of aromatic nitrogens is 3. The number of carbonyl (C=O) groups is 1. The first kappa shape index (κ1) is 23.1. The van der Waals surface area contributed by atoms with Crippen molar-refractivity contribution in [1.82, 2.24) is 14.5 Å². The number of fused-ring (bicyclic) bond motifs is 1. The van der Waals surface area contributed by atoms with Gasteiger partial charge >= 0.3 is 5.97 Å². The summed E-state index contributed by atoms with van der Waals surface area (Å²) in [6.45, 7) is 5.11. The van der Waals surface area contributed by atoms with E-state index in [-0.39, 0.29) is 5.92 Å². The quantitative estimate of drug-likeness (QED) is 0.357. The molecule has 2 unspecified atom stereocenters. The standard InChI is InChI=1S/C29H31N3O3/c1-19-7-10-21(11-8-19)17-32-27-15-23(35-18-22-12-9-20(2)16-30-22)13-14-26(27)31-28(32)24-5-3-4-6-25(24)29(33)34/h7-16,24-25H,3-6,17-18H2,1-2H3,(H,33,34). The van der Waals surface area contributed by atoms with Crippen LogP contribution in [0.25, 0.3) is 11.0 Å². The van der Waals surface area contributed by atoms with Crippen molar-refractivity contribution in [2.75, 3.05) is 0 Å². The van der Waals surface area contributed by atoms with Crippen molar-refractivity contribution in [3.8, 4) is 5.75 Å². The minimum absolute atomic E-state index is 0.0970. The van der Waals surface area contributed by atoms with Crippen LogP contribution in [0.5, 0.6) is 5.75 Å². The van der Waals surface area contributed by atoms with Gasteiger partial charge in [0.2, 0.25) is 0 Å². The van der Waals surface area contributed by atoms with Crippen LogP contribution < -0.4 is 4.74 Å². The zero-order valence-electron chi connectivity index (χ0n) is 20.3. The summed E-state index contributed by atoms with van der Waals surface area (Å²) >= 11 is 0. The molecule has 2 heterocycles. The highest BCUT2D eigenvalue weighted by Gasteiger charge is 2.35. The lowest BCUT2D eigenvalue weighted by Crippen LogP contribution is -2.27. The van der Waals surface area contributed by atoms with E-state index >= 15 is 0 Å². The first-order valence-electron chi connectivity index (χ1n) is 12.3. The fourth-order valence-corrected chi connectivity index (χ4v) is 5.01. The predicted molar refractivity (Wildman–Crippen MR) is 136 cm³/mol. The minimum atomic E-state index is -0.724. The fourth-order valence-electron chi connectivity index (χ4n) is 5.01. The van der Waals surface area contributed by atoms with Gasteiger partial charge in [0.05, 0.1) is 22.6 Å². The maximum atomic E-state index is 12.1. The van der Waals surface area contributed by atoms with Crippen LogP contribution in [0.1, 0.15) is 59.8 Å². The van der Waals surface area contributed by atoms with Crippen molar-refractivity contribution in [3.63, 3.8) is 0 Å². The Labute approximate surface area is 205 Å². The van der Waals surface area contributed by atoms with Gasteiger partial charge in [0.1, 0.15) is 18.2 Å². The van der Waals surface area contributed by atoms with Crippen LogP contribution in [0.15, 0.2) is 60.8 Å². The molecule has 1 fully saturated rings. The van der Waals surface area contributed by atoms with E-state index in [1.807, 2.05) is 43.5 Å². The molecular weight excluding hydrogens is 438 g/mol. The van der Waals surface area contributed by atoms with E-state index < -0.39 is 11.9 Å². The summed E-state index contributed by atoms with van der Waals surface area (Å²) in [6, 6.07) is 18.4. The summed E-state index contributed by atoms with van der Waals surface area (Å²) in [5, 5.41) is 9.93. The lowest BCUT2D eigenvalue weighted by molar-refractivity contribution is -0.143. The third-order valence-electron chi connectivity index (χ3n) is 6.98. The second kappa shape index (κ2) is 9.90. The number of carboxylic acid groups (broad SMARTS) is 1. The molecule has 1 aliphatic carbocycles. The van der Waals surface area contributed by atoms with Crippen LogP contribution in [-0.4, -0.2) is 25.6 Å². The topological polar surface area (TPSA) is 77.2 Å². The summed E-state index contributed by atoms with van der Waals surface area (Å²) in [5.41, 5.74) is 6.19. The van der Waals surface area contributed by atoms with E-state index in [4.69, 9.17) is 9.72 Å². The molecule has 2 aromatic carbocycles. The number of aliphatic carboxylic acids is 1. The van der Waals surface area contributed by atoms with Crippen molar-refractivity contribution >= 4 is 17.0 Å². The van der Waals surface area contributed by atoms with E-state index in [0.29, 0.717) is 19.6 Å². The molecule has 35 heavy (non-hydrogen) atoms. The Kier molecular flexibility index (Phi) is 6.53.